The molecule has 30 heavy (non-hydrogen) atoms. The predicted molar refractivity (Wildman–Crippen MR) is 112 cm³/mol. The molecule has 3 amide bonds. The number of likely N-dealkylation sites (tertiary alicyclic amines) is 1. The van der Waals surface area contributed by atoms with Gasteiger partial charge in [0.1, 0.15) is 17.3 Å². The quantitative estimate of drug-likeness (QED) is 0.675. The van der Waals surface area contributed by atoms with E-state index in [-0.39, 0.29) is 18.0 Å². The Kier molecular flexibility index (Phi) is 5.60. The van der Waals surface area contributed by atoms with Crippen LogP contribution in [0.5, 0.6) is 11.5 Å². The molecule has 1 aliphatic heterocycles. The van der Waals surface area contributed by atoms with E-state index in [1.807, 2.05) is 36.5 Å². The Labute approximate surface area is 173 Å². The summed E-state index contributed by atoms with van der Waals surface area (Å²) in [7, 11) is 0. The van der Waals surface area contributed by atoms with E-state index in [2.05, 4.69) is 20.7 Å². The van der Waals surface area contributed by atoms with Crippen molar-refractivity contribution < 1.29 is 14.3 Å². The number of para-hydroxylation sites is 1. The van der Waals surface area contributed by atoms with Gasteiger partial charge in [0.05, 0.1) is 12.2 Å². The van der Waals surface area contributed by atoms with Crippen LogP contribution in [-0.2, 0) is 4.79 Å². The monoisotopic (exact) mass is 406 g/mol. The zero-order valence-corrected chi connectivity index (χ0v) is 16.5. The van der Waals surface area contributed by atoms with Crippen molar-refractivity contribution in [3.05, 3.63) is 60.9 Å². The number of pyridine rings is 1. The fraction of sp³-hybridized carbons (Fsp3) is 0.238. The van der Waals surface area contributed by atoms with Crippen LogP contribution in [-0.4, -0.2) is 44.7 Å². The van der Waals surface area contributed by atoms with Crippen molar-refractivity contribution in [1.29, 1.82) is 0 Å². The number of hydrogen-bond acceptors (Lipinski definition) is 5. The van der Waals surface area contributed by atoms with Crippen molar-refractivity contribution >= 4 is 23.6 Å². The number of aromatic nitrogens is 3. The normalized spacial score (nSPS) is 15.6. The summed E-state index contributed by atoms with van der Waals surface area (Å²) in [5.74, 6) is 2.11. The lowest BCUT2D eigenvalue weighted by atomic mass is 10.3. The summed E-state index contributed by atoms with van der Waals surface area (Å²) in [4.78, 5) is 29.7. The minimum absolute atomic E-state index is 0.0628. The first kappa shape index (κ1) is 19.4. The first-order valence-electron chi connectivity index (χ1n) is 9.64. The minimum Gasteiger partial charge on any atom is -0.456 e. The Balaban J connectivity index is 1.31. The Hall–Kier alpha value is -3.88. The van der Waals surface area contributed by atoms with Crippen molar-refractivity contribution in [3.63, 3.8) is 0 Å². The van der Waals surface area contributed by atoms with Gasteiger partial charge in [-0.05, 0) is 30.7 Å². The van der Waals surface area contributed by atoms with Crippen molar-refractivity contribution in [1.82, 2.24) is 19.7 Å². The number of ether oxygens (including phenoxy) is 1. The second-order valence-electron chi connectivity index (χ2n) is 6.98. The van der Waals surface area contributed by atoms with Crippen molar-refractivity contribution in [3.8, 4) is 11.5 Å². The summed E-state index contributed by atoms with van der Waals surface area (Å²) in [5, 5.41) is 9.82. The number of urea groups is 1. The highest BCUT2D eigenvalue weighted by Gasteiger charge is 2.28. The summed E-state index contributed by atoms with van der Waals surface area (Å²) in [6.07, 6.45) is 4.17. The van der Waals surface area contributed by atoms with E-state index in [4.69, 9.17) is 4.74 Å². The molecule has 4 rings (SSSR count). The highest BCUT2D eigenvalue weighted by molar-refractivity contribution is 5.88. The first-order valence-corrected chi connectivity index (χ1v) is 9.64. The number of anilines is 2. The summed E-state index contributed by atoms with van der Waals surface area (Å²) < 4.78 is 7.49. The van der Waals surface area contributed by atoms with Crippen LogP contribution in [0.15, 0.2) is 60.9 Å². The zero-order valence-electron chi connectivity index (χ0n) is 16.5. The number of nitrogens with one attached hydrogen (secondary N) is 2. The van der Waals surface area contributed by atoms with Crippen molar-refractivity contribution in [2.45, 2.75) is 19.4 Å². The predicted octanol–water partition coefficient (Wildman–Crippen LogP) is 3.51. The molecular formula is C21H22N6O3. The van der Waals surface area contributed by atoms with Gasteiger partial charge in [-0.1, -0.05) is 18.2 Å². The Morgan fingerprint density at radius 2 is 1.87 bits per heavy atom. The smallest absolute Gasteiger partial charge is 0.323 e. The average Bonchev–Trinajstić information content (AvgIpc) is 3.39. The van der Waals surface area contributed by atoms with Crippen LogP contribution < -0.4 is 15.4 Å². The maximum atomic E-state index is 12.6. The van der Waals surface area contributed by atoms with Crippen molar-refractivity contribution in [2.24, 2.45) is 0 Å². The third-order valence-electron chi connectivity index (χ3n) is 4.69. The van der Waals surface area contributed by atoms with Crippen LogP contribution in [0.1, 0.15) is 19.4 Å². The number of carbonyl (C=O) groups is 2. The van der Waals surface area contributed by atoms with E-state index in [0.717, 1.165) is 12.2 Å². The van der Waals surface area contributed by atoms with E-state index in [9.17, 15) is 9.59 Å². The second-order valence-corrected chi connectivity index (χ2v) is 6.98. The SMILES string of the molecule is CC(=O)Nc1ccn(C2CCN(C(=O)Nc3ccc(Oc4ccccc4)cn3)C2)n1. The number of benzene rings is 1. The summed E-state index contributed by atoms with van der Waals surface area (Å²) >= 11 is 0. The minimum atomic E-state index is -0.212. The molecule has 0 saturated carbocycles. The van der Waals surface area contributed by atoms with Crippen LogP contribution in [0, 0.1) is 0 Å². The first-order chi connectivity index (χ1) is 14.6. The highest BCUT2D eigenvalue weighted by Crippen LogP contribution is 2.24. The van der Waals surface area contributed by atoms with Gasteiger partial charge in [0.25, 0.3) is 0 Å². The number of carbonyl (C=O) groups excluding carboxylic acids is 2. The molecule has 0 aliphatic carbocycles. The molecule has 1 aromatic carbocycles. The third kappa shape index (κ3) is 4.75. The van der Waals surface area contributed by atoms with Crippen LogP contribution in [0.3, 0.4) is 0 Å². The van der Waals surface area contributed by atoms with Crippen LogP contribution >= 0.6 is 0 Å². The molecular weight excluding hydrogens is 384 g/mol. The molecule has 1 saturated heterocycles. The molecule has 154 valence electrons. The molecule has 2 aromatic heterocycles. The molecule has 9 heteroatoms. The lowest BCUT2D eigenvalue weighted by Gasteiger charge is -2.17. The summed E-state index contributed by atoms with van der Waals surface area (Å²) in [6.45, 7) is 2.58. The molecule has 1 aliphatic rings. The molecule has 0 radical (unpaired) electrons. The lowest BCUT2D eigenvalue weighted by Crippen LogP contribution is -2.33. The Morgan fingerprint density at radius 1 is 1.03 bits per heavy atom. The number of nitrogens with zero attached hydrogens (tertiary/aromatic N) is 4. The molecule has 3 heterocycles. The standard InChI is InChI=1S/C21H22N6O3/c1-15(28)23-20-10-12-27(25-20)16-9-11-26(14-16)21(29)24-19-8-7-18(13-22-19)30-17-5-3-2-4-6-17/h2-8,10,12-13,16H,9,11,14H2,1H3,(H,22,24,29)(H,23,25,28). The second kappa shape index (κ2) is 8.64. The van der Waals surface area contributed by atoms with E-state index in [1.165, 1.54) is 6.92 Å². The Bertz CT molecular complexity index is 1020. The molecule has 1 unspecified atom stereocenters. The number of amides is 3. The van der Waals surface area contributed by atoms with E-state index in [1.54, 1.807) is 34.0 Å². The molecule has 1 fully saturated rings. The van der Waals surface area contributed by atoms with E-state index >= 15 is 0 Å². The van der Waals surface area contributed by atoms with Gasteiger partial charge in [-0.25, -0.2) is 9.78 Å². The van der Waals surface area contributed by atoms with Gasteiger partial charge < -0.3 is 15.0 Å². The maximum absolute atomic E-state index is 12.6. The molecule has 1 atom stereocenters. The fourth-order valence-electron chi connectivity index (χ4n) is 3.26. The summed E-state index contributed by atoms with van der Waals surface area (Å²) in [6, 6.07) is 14.5. The topological polar surface area (TPSA) is 101 Å². The molecule has 0 bridgehead atoms. The molecule has 3 aromatic rings. The highest BCUT2D eigenvalue weighted by atomic mass is 16.5. The number of rotatable bonds is 5. The van der Waals surface area contributed by atoms with Crippen molar-refractivity contribution in [2.75, 3.05) is 23.7 Å². The van der Waals surface area contributed by atoms with Crippen LogP contribution in [0.4, 0.5) is 16.4 Å². The number of hydrogen-bond donors (Lipinski definition) is 2. The van der Waals surface area contributed by atoms with Crippen LogP contribution in [0.2, 0.25) is 0 Å². The van der Waals surface area contributed by atoms with Gasteiger partial charge in [0.2, 0.25) is 5.91 Å². The summed E-state index contributed by atoms with van der Waals surface area (Å²) in [5.41, 5.74) is 0. The van der Waals surface area contributed by atoms with E-state index < -0.39 is 0 Å². The van der Waals surface area contributed by atoms with Gasteiger partial charge in [-0.3, -0.25) is 14.8 Å². The van der Waals surface area contributed by atoms with Crippen LogP contribution in [0.25, 0.3) is 0 Å². The molecule has 2 N–H and O–H groups in total. The molecule has 9 nitrogen and oxygen atoms in total. The maximum Gasteiger partial charge on any atom is 0.323 e. The average molecular weight is 406 g/mol. The van der Waals surface area contributed by atoms with Gasteiger partial charge in [0.15, 0.2) is 5.82 Å². The van der Waals surface area contributed by atoms with Gasteiger partial charge in [-0.15, -0.1) is 0 Å². The zero-order chi connectivity index (χ0) is 20.9. The third-order valence-corrected chi connectivity index (χ3v) is 4.69. The Morgan fingerprint density at radius 3 is 2.60 bits per heavy atom. The van der Waals surface area contributed by atoms with Gasteiger partial charge in [0, 0.05) is 32.3 Å². The van der Waals surface area contributed by atoms with Gasteiger partial charge in [-0.2, -0.15) is 5.10 Å². The lowest BCUT2D eigenvalue weighted by molar-refractivity contribution is -0.114. The largest absolute Gasteiger partial charge is 0.456 e. The molecule has 0 spiro atoms. The van der Waals surface area contributed by atoms with Gasteiger partial charge >= 0.3 is 6.03 Å². The fourth-order valence-corrected chi connectivity index (χ4v) is 3.26. The van der Waals surface area contributed by atoms with E-state index in [0.29, 0.717) is 30.5 Å².